The fourth-order valence-electron chi connectivity index (χ4n) is 3.07. The molecule has 0 bridgehead atoms. The van der Waals surface area contributed by atoms with Crippen LogP contribution in [0.3, 0.4) is 0 Å². The predicted molar refractivity (Wildman–Crippen MR) is 102 cm³/mol. The molecule has 2 aromatic heterocycles. The monoisotopic (exact) mass is 349 g/mol. The van der Waals surface area contributed by atoms with Crippen LogP contribution in [0.2, 0.25) is 0 Å². The maximum absolute atomic E-state index is 13.2. The van der Waals surface area contributed by atoms with Crippen molar-refractivity contribution in [2.75, 3.05) is 13.7 Å². The van der Waals surface area contributed by atoms with E-state index in [2.05, 4.69) is 15.3 Å². The number of nitrogens with one attached hydrogen (secondary N) is 1. The fourth-order valence-corrected chi connectivity index (χ4v) is 3.07. The quantitative estimate of drug-likeness (QED) is 0.763. The molecule has 2 heterocycles. The van der Waals surface area contributed by atoms with E-state index in [0.29, 0.717) is 12.2 Å². The average Bonchev–Trinajstić information content (AvgIpc) is 2.63. The molecular weight excluding hydrogens is 326 g/mol. The van der Waals surface area contributed by atoms with Gasteiger partial charge >= 0.3 is 0 Å². The zero-order valence-electron chi connectivity index (χ0n) is 15.5. The number of amides is 1. The van der Waals surface area contributed by atoms with Gasteiger partial charge in [0.25, 0.3) is 5.91 Å². The summed E-state index contributed by atoms with van der Waals surface area (Å²) in [7, 11) is 1.61. The van der Waals surface area contributed by atoms with Gasteiger partial charge in [0.15, 0.2) is 0 Å². The summed E-state index contributed by atoms with van der Waals surface area (Å²) < 4.78 is 5.29. The van der Waals surface area contributed by atoms with Gasteiger partial charge in [0.1, 0.15) is 0 Å². The minimum atomic E-state index is -0.318. The van der Waals surface area contributed by atoms with Crippen molar-refractivity contribution in [2.45, 2.75) is 26.8 Å². The Morgan fingerprint density at radius 2 is 2.00 bits per heavy atom. The van der Waals surface area contributed by atoms with Gasteiger partial charge in [-0.25, -0.2) is 0 Å². The van der Waals surface area contributed by atoms with E-state index in [-0.39, 0.29) is 11.9 Å². The van der Waals surface area contributed by atoms with Gasteiger partial charge in [-0.05, 0) is 50.6 Å². The molecule has 1 atom stereocenters. The first kappa shape index (κ1) is 18.0. The molecule has 0 spiro atoms. The van der Waals surface area contributed by atoms with E-state index >= 15 is 0 Å². The van der Waals surface area contributed by atoms with Crippen LogP contribution in [-0.4, -0.2) is 29.6 Å². The van der Waals surface area contributed by atoms with Crippen molar-refractivity contribution in [3.05, 3.63) is 70.7 Å². The second-order valence-electron chi connectivity index (χ2n) is 6.45. The number of hydrogen-bond acceptors (Lipinski definition) is 4. The first-order chi connectivity index (χ1) is 12.5. The Balaban J connectivity index is 2.03. The molecule has 1 aromatic carbocycles. The Labute approximate surface area is 153 Å². The number of ether oxygens (including phenoxy) is 1. The lowest BCUT2D eigenvalue weighted by molar-refractivity contribution is 0.0895. The number of aryl methyl sites for hydroxylation is 2. The number of hydrogen-bond donors (Lipinski definition) is 1. The SMILES string of the molecule is COCC(NC(=O)c1c(C)c(C)nc2ccc(C)cc12)c1ccccn1. The van der Waals surface area contributed by atoms with Crippen LogP contribution >= 0.6 is 0 Å². The molecule has 1 unspecified atom stereocenters. The van der Waals surface area contributed by atoms with Gasteiger partial charge in [0, 0.05) is 24.4 Å². The van der Waals surface area contributed by atoms with E-state index in [1.165, 1.54) is 0 Å². The summed E-state index contributed by atoms with van der Waals surface area (Å²) in [6.45, 7) is 6.22. The molecule has 0 aliphatic rings. The molecule has 3 rings (SSSR count). The molecule has 0 saturated carbocycles. The number of fused-ring (bicyclic) bond motifs is 1. The standard InChI is InChI=1S/C21H23N3O2/c1-13-8-9-17-16(11-13)20(14(2)15(3)23-17)21(25)24-19(12-26-4)18-7-5-6-10-22-18/h5-11,19H,12H2,1-4H3,(H,24,25). The fraction of sp³-hybridized carbons (Fsp3) is 0.286. The molecule has 0 radical (unpaired) electrons. The summed E-state index contributed by atoms with van der Waals surface area (Å²) in [6.07, 6.45) is 1.71. The lowest BCUT2D eigenvalue weighted by Crippen LogP contribution is -2.32. The van der Waals surface area contributed by atoms with Crippen LogP contribution in [0.1, 0.15) is 38.9 Å². The van der Waals surface area contributed by atoms with Crippen LogP contribution in [0.5, 0.6) is 0 Å². The van der Waals surface area contributed by atoms with E-state index < -0.39 is 0 Å². The third kappa shape index (κ3) is 3.58. The normalized spacial score (nSPS) is 12.2. The molecule has 5 nitrogen and oxygen atoms in total. The molecule has 1 N–H and O–H groups in total. The van der Waals surface area contributed by atoms with E-state index in [1.807, 2.05) is 57.2 Å². The van der Waals surface area contributed by atoms with Crippen molar-refractivity contribution in [1.82, 2.24) is 15.3 Å². The molecular formula is C21H23N3O2. The molecule has 0 aliphatic carbocycles. The van der Waals surface area contributed by atoms with Crippen LogP contribution in [0.25, 0.3) is 10.9 Å². The van der Waals surface area contributed by atoms with Crippen LogP contribution < -0.4 is 5.32 Å². The Morgan fingerprint density at radius 3 is 2.69 bits per heavy atom. The van der Waals surface area contributed by atoms with Crippen molar-refractivity contribution in [3.8, 4) is 0 Å². The lowest BCUT2D eigenvalue weighted by Gasteiger charge is -2.19. The summed E-state index contributed by atoms with van der Waals surface area (Å²) in [6, 6.07) is 11.3. The number of nitrogens with zero attached hydrogens (tertiary/aromatic N) is 2. The zero-order valence-corrected chi connectivity index (χ0v) is 15.5. The van der Waals surface area contributed by atoms with Crippen molar-refractivity contribution < 1.29 is 9.53 Å². The summed E-state index contributed by atoms with van der Waals surface area (Å²) >= 11 is 0. The summed E-state index contributed by atoms with van der Waals surface area (Å²) in [5.41, 5.74) is 5.09. The van der Waals surface area contributed by atoms with Gasteiger partial charge in [0.2, 0.25) is 0 Å². The van der Waals surface area contributed by atoms with Crippen molar-refractivity contribution in [2.24, 2.45) is 0 Å². The van der Waals surface area contributed by atoms with E-state index in [9.17, 15) is 4.79 Å². The molecule has 5 heteroatoms. The highest BCUT2D eigenvalue weighted by Crippen LogP contribution is 2.25. The van der Waals surface area contributed by atoms with E-state index in [4.69, 9.17) is 4.74 Å². The molecule has 3 aromatic rings. The van der Waals surface area contributed by atoms with E-state index in [0.717, 1.165) is 33.4 Å². The maximum atomic E-state index is 13.2. The van der Waals surface area contributed by atoms with Gasteiger partial charge in [-0.3, -0.25) is 14.8 Å². The minimum Gasteiger partial charge on any atom is -0.382 e. The Morgan fingerprint density at radius 1 is 1.19 bits per heavy atom. The second-order valence-corrected chi connectivity index (χ2v) is 6.45. The van der Waals surface area contributed by atoms with Gasteiger partial charge in [-0.15, -0.1) is 0 Å². The zero-order chi connectivity index (χ0) is 18.7. The van der Waals surface area contributed by atoms with Crippen molar-refractivity contribution in [1.29, 1.82) is 0 Å². The molecule has 134 valence electrons. The Hall–Kier alpha value is -2.79. The number of carbonyl (C=O) groups excluding carboxylic acids is 1. The number of pyridine rings is 2. The third-order valence-corrected chi connectivity index (χ3v) is 4.54. The highest BCUT2D eigenvalue weighted by atomic mass is 16.5. The number of rotatable bonds is 5. The highest BCUT2D eigenvalue weighted by Gasteiger charge is 2.21. The molecule has 0 saturated heterocycles. The van der Waals surface area contributed by atoms with E-state index in [1.54, 1.807) is 13.3 Å². The van der Waals surface area contributed by atoms with Crippen molar-refractivity contribution >= 4 is 16.8 Å². The molecule has 26 heavy (non-hydrogen) atoms. The van der Waals surface area contributed by atoms with Crippen LogP contribution in [0.15, 0.2) is 42.6 Å². The number of benzene rings is 1. The maximum Gasteiger partial charge on any atom is 0.252 e. The van der Waals surface area contributed by atoms with Gasteiger partial charge in [0.05, 0.1) is 29.4 Å². The van der Waals surface area contributed by atoms with Gasteiger partial charge in [-0.2, -0.15) is 0 Å². The first-order valence-corrected chi connectivity index (χ1v) is 8.59. The van der Waals surface area contributed by atoms with Crippen LogP contribution in [-0.2, 0) is 4.74 Å². The molecule has 0 fully saturated rings. The summed E-state index contributed by atoms with van der Waals surface area (Å²) in [5.74, 6) is -0.142. The third-order valence-electron chi connectivity index (χ3n) is 4.54. The summed E-state index contributed by atoms with van der Waals surface area (Å²) in [5, 5.41) is 3.94. The van der Waals surface area contributed by atoms with Crippen molar-refractivity contribution in [3.63, 3.8) is 0 Å². The molecule has 0 aliphatic heterocycles. The Kier molecular flexibility index (Phi) is 5.28. The minimum absolute atomic E-state index is 0.142. The highest BCUT2D eigenvalue weighted by molar-refractivity contribution is 6.07. The van der Waals surface area contributed by atoms with Gasteiger partial charge in [-0.1, -0.05) is 17.7 Å². The lowest BCUT2D eigenvalue weighted by atomic mass is 9.99. The summed E-state index contributed by atoms with van der Waals surface area (Å²) in [4.78, 5) is 22.1. The average molecular weight is 349 g/mol. The smallest absolute Gasteiger partial charge is 0.252 e. The number of carbonyl (C=O) groups is 1. The first-order valence-electron chi connectivity index (χ1n) is 8.59. The number of methoxy groups -OCH3 is 1. The predicted octanol–water partition coefficient (Wildman–Crippen LogP) is 3.67. The van der Waals surface area contributed by atoms with Crippen LogP contribution in [0, 0.1) is 20.8 Å². The van der Waals surface area contributed by atoms with Crippen LogP contribution in [0.4, 0.5) is 0 Å². The van der Waals surface area contributed by atoms with Gasteiger partial charge < -0.3 is 10.1 Å². The largest absolute Gasteiger partial charge is 0.382 e. The number of aromatic nitrogens is 2. The Bertz CT molecular complexity index is 939. The second kappa shape index (κ2) is 7.62. The topological polar surface area (TPSA) is 64.1 Å². The molecule has 1 amide bonds.